The number of hydrogen-bond acceptors (Lipinski definition) is 2. The Morgan fingerprint density at radius 2 is 2.20 bits per heavy atom. The van der Waals surface area contributed by atoms with Gasteiger partial charge in [-0.3, -0.25) is 0 Å². The van der Waals surface area contributed by atoms with Gasteiger partial charge in [-0.2, -0.15) is 0 Å². The van der Waals surface area contributed by atoms with Gasteiger partial charge in [0.15, 0.2) is 11.4 Å². The SMILES string of the molecule is CCC1CCC(CN)C(c2cc3cccc(F)c3o2)C1. The summed E-state index contributed by atoms with van der Waals surface area (Å²) in [6.45, 7) is 2.92. The van der Waals surface area contributed by atoms with Crippen molar-refractivity contribution in [2.24, 2.45) is 17.6 Å². The fraction of sp³-hybridized carbons (Fsp3) is 0.529. The first-order chi connectivity index (χ1) is 9.72. The number of benzene rings is 1. The molecule has 0 bridgehead atoms. The molecule has 3 unspecified atom stereocenters. The fourth-order valence-corrected chi connectivity index (χ4v) is 3.55. The molecule has 20 heavy (non-hydrogen) atoms. The van der Waals surface area contributed by atoms with Crippen LogP contribution in [0.3, 0.4) is 0 Å². The Morgan fingerprint density at radius 1 is 1.35 bits per heavy atom. The molecule has 0 saturated heterocycles. The highest BCUT2D eigenvalue weighted by Crippen LogP contribution is 2.42. The standard InChI is InChI=1S/C17H22FNO/c1-2-11-6-7-13(10-19)14(8-11)16-9-12-4-3-5-15(18)17(12)20-16/h3-5,9,11,13-14H,2,6-8,10,19H2,1H3. The third-order valence-electron chi connectivity index (χ3n) is 4.86. The summed E-state index contributed by atoms with van der Waals surface area (Å²) in [6.07, 6.45) is 4.71. The lowest BCUT2D eigenvalue weighted by Crippen LogP contribution is -2.28. The Morgan fingerprint density at radius 3 is 2.90 bits per heavy atom. The van der Waals surface area contributed by atoms with E-state index in [9.17, 15) is 4.39 Å². The molecule has 1 saturated carbocycles. The van der Waals surface area contributed by atoms with E-state index < -0.39 is 0 Å². The van der Waals surface area contributed by atoms with E-state index in [-0.39, 0.29) is 5.82 Å². The van der Waals surface area contributed by atoms with Crippen molar-refractivity contribution < 1.29 is 8.81 Å². The Kier molecular flexibility index (Phi) is 3.79. The van der Waals surface area contributed by atoms with Crippen molar-refractivity contribution >= 4 is 11.0 Å². The maximum absolute atomic E-state index is 13.8. The first-order valence-corrected chi connectivity index (χ1v) is 7.61. The van der Waals surface area contributed by atoms with Crippen molar-refractivity contribution in [2.75, 3.05) is 6.54 Å². The van der Waals surface area contributed by atoms with Crippen molar-refractivity contribution in [1.82, 2.24) is 0 Å². The average Bonchev–Trinajstić information content (AvgIpc) is 2.92. The number of fused-ring (bicyclic) bond motifs is 1. The minimum Gasteiger partial charge on any atom is -0.458 e. The molecular weight excluding hydrogens is 253 g/mol. The van der Waals surface area contributed by atoms with Gasteiger partial charge < -0.3 is 10.2 Å². The summed E-state index contributed by atoms with van der Waals surface area (Å²) in [7, 11) is 0. The fourth-order valence-electron chi connectivity index (χ4n) is 3.55. The summed E-state index contributed by atoms with van der Waals surface area (Å²) in [5.41, 5.74) is 6.31. The van der Waals surface area contributed by atoms with Gasteiger partial charge in [-0.25, -0.2) is 4.39 Å². The Hall–Kier alpha value is -1.35. The van der Waals surface area contributed by atoms with E-state index in [4.69, 9.17) is 10.2 Å². The van der Waals surface area contributed by atoms with Gasteiger partial charge >= 0.3 is 0 Å². The minimum absolute atomic E-state index is 0.277. The summed E-state index contributed by atoms with van der Waals surface area (Å²) < 4.78 is 19.6. The molecule has 0 radical (unpaired) electrons. The highest BCUT2D eigenvalue weighted by Gasteiger charge is 2.32. The summed E-state index contributed by atoms with van der Waals surface area (Å²) in [5, 5.41) is 0.856. The van der Waals surface area contributed by atoms with Gasteiger partial charge in [-0.15, -0.1) is 0 Å². The lowest BCUT2D eigenvalue weighted by atomic mass is 9.72. The van der Waals surface area contributed by atoms with E-state index in [0.717, 1.165) is 29.9 Å². The number of halogens is 1. The van der Waals surface area contributed by atoms with Gasteiger partial charge in [0.05, 0.1) is 0 Å². The average molecular weight is 275 g/mol. The number of hydrogen-bond donors (Lipinski definition) is 1. The second kappa shape index (κ2) is 5.57. The minimum atomic E-state index is -0.277. The second-order valence-corrected chi connectivity index (χ2v) is 6.00. The van der Waals surface area contributed by atoms with E-state index in [1.807, 2.05) is 12.1 Å². The lowest BCUT2D eigenvalue weighted by molar-refractivity contribution is 0.216. The molecule has 2 nitrogen and oxygen atoms in total. The summed E-state index contributed by atoms with van der Waals surface area (Å²) in [5.74, 6) is 2.17. The molecule has 0 spiro atoms. The van der Waals surface area contributed by atoms with E-state index in [1.165, 1.54) is 18.9 Å². The first kappa shape index (κ1) is 13.6. The largest absolute Gasteiger partial charge is 0.458 e. The molecule has 2 N–H and O–H groups in total. The molecule has 2 aromatic rings. The summed E-state index contributed by atoms with van der Waals surface area (Å²) in [4.78, 5) is 0. The van der Waals surface area contributed by atoms with Crippen LogP contribution < -0.4 is 5.73 Å². The van der Waals surface area contributed by atoms with E-state index in [1.54, 1.807) is 6.07 Å². The van der Waals surface area contributed by atoms with Crippen molar-refractivity contribution in [3.63, 3.8) is 0 Å². The summed E-state index contributed by atoms with van der Waals surface area (Å²) in [6, 6.07) is 7.09. The van der Waals surface area contributed by atoms with Gasteiger partial charge in [0.1, 0.15) is 5.76 Å². The van der Waals surface area contributed by atoms with Crippen molar-refractivity contribution in [3.05, 3.63) is 35.8 Å². The topological polar surface area (TPSA) is 39.2 Å². The van der Waals surface area contributed by atoms with Crippen molar-refractivity contribution in [3.8, 4) is 0 Å². The molecule has 0 aliphatic heterocycles. The predicted molar refractivity (Wildman–Crippen MR) is 79.1 cm³/mol. The maximum Gasteiger partial charge on any atom is 0.169 e. The third-order valence-corrected chi connectivity index (χ3v) is 4.86. The molecule has 1 aliphatic carbocycles. The first-order valence-electron chi connectivity index (χ1n) is 7.61. The highest BCUT2D eigenvalue weighted by molar-refractivity contribution is 5.78. The number of rotatable bonds is 3. The Balaban J connectivity index is 1.96. The normalized spacial score (nSPS) is 27.1. The molecular formula is C17H22FNO. The van der Waals surface area contributed by atoms with Crippen LogP contribution in [0.1, 0.15) is 44.3 Å². The molecule has 0 amide bonds. The van der Waals surface area contributed by atoms with Crippen LogP contribution in [0, 0.1) is 17.7 Å². The molecule has 108 valence electrons. The van der Waals surface area contributed by atoms with Crippen LogP contribution in [0.15, 0.2) is 28.7 Å². The monoisotopic (exact) mass is 275 g/mol. The van der Waals surface area contributed by atoms with Gasteiger partial charge in [0.25, 0.3) is 0 Å². The van der Waals surface area contributed by atoms with Crippen molar-refractivity contribution in [1.29, 1.82) is 0 Å². The molecule has 3 atom stereocenters. The Labute approximate surface area is 119 Å². The number of nitrogens with two attached hydrogens (primary N) is 1. The van der Waals surface area contributed by atoms with Crippen molar-refractivity contribution in [2.45, 2.75) is 38.5 Å². The van der Waals surface area contributed by atoms with Crippen LogP contribution >= 0.6 is 0 Å². The van der Waals surface area contributed by atoms with Gasteiger partial charge in [0, 0.05) is 11.3 Å². The van der Waals surface area contributed by atoms with Crippen LogP contribution in [-0.2, 0) is 0 Å². The molecule has 1 heterocycles. The molecule has 1 aliphatic rings. The molecule has 3 heteroatoms. The van der Waals surface area contributed by atoms with Gasteiger partial charge in [0.2, 0.25) is 0 Å². The van der Waals surface area contributed by atoms with E-state index >= 15 is 0 Å². The lowest BCUT2D eigenvalue weighted by Gasteiger charge is -2.34. The van der Waals surface area contributed by atoms with Crippen LogP contribution in [0.25, 0.3) is 11.0 Å². The molecule has 1 aromatic heterocycles. The third kappa shape index (κ3) is 2.35. The molecule has 1 aromatic carbocycles. The van der Waals surface area contributed by atoms with Crippen LogP contribution in [0.2, 0.25) is 0 Å². The zero-order valence-electron chi connectivity index (χ0n) is 11.9. The second-order valence-electron chi connectivity index (χ2n) is 6.00. The van der Waals surface area contributed by atoms with Gasteiger partial charge in [-0.1, -0.05) is 31.9 Å². The summed E-state index contributed by atoms with van der Waals surface area (Å²) >= 11 is 0. The Bertz CT molecular complexity index is 592. The highest BCUT2D eigenvalue weighted by atomic mass is 19.1. The number of para-hydroxylation sites is 1. The van der Waals surface area contributed by atoms with E-state index in [0.29, 0.717) is 24.0 Å². The molecule has 3 rings (SSSR count). The number of furan rings is 1. The van der Waals surface area contributed by atoms with E-state index in [2.05, 4.69) is 6.92 Å². The molecule has 1 fully saturated rings. The quantitative estimate of drug-likeness (QED) is 0.899. The van der Waals surface area contributed by atoms with Crippen LogP contribution in [0.4, 0.5) is 4.39 Å². The zero-order chi connectivity index (χ0) is 14.1. The smallest absolute Gasteiger partial charge is 0.169 e. The zero-order valence-corrected chi connectivity index (χ0v) is 11.9. The van der Waals surface area contributed by atoms with Crippen LogP contribution in [0.5, 0.6) is 0 Å². The maximum atomic E-state index is 13.8. The predicted octanol–water partition coefficient (Wildman–Crippen LogP) is 4.44. The van der Waals surface area contributed by atoms with Crippen LogP contribution in [-0.4, -0.2) is 6.54 Å². The van der Waals surface area contributed by atoms with Gasteiger partial charge in [-0.05, 0) is 43.4 Å².